The normalized spacial score (nSPS) is 17.8. The highest BCUT2D eigenvalue weighted by atomic mass is 32.2. The van der Waals surface area contributed by atoms with Gasteiger partial charge in [0.05, 0.1) is 10.5 Å². The zero-order valence-electron chi connectivity index (χ0n) is 16.3. The van der Waals surface area contributed by atoms with Crippen molar-refractivity contribution in [2.45, 2.75) is 36.4 Å². The Morgan fingerprint density at radius 3 is 2.61 bits per heavy atom. The first kappa shape index (κ1) is 21.4. The summed E-state index contributed by atoms with van der Waals surface area (Å²) in [5, 5.41) is 2.84. The van der Waals surface area contributed by atoms with Gasteiger partial charge in [0, 0.05) is 25.3 Å². The van der Waals surface area contributed by atoms with Gasteiger partial charge in [-0.15, -0.1) is 0 Å². The van der Waals surface area contributed by atoms with Gasteiger partial charge in [-0.1, -0.05) is 12.1 Å². The van der Waals surface area contributed by atoms with E-state index >= 15 is 0 Å². The van der Waals surface area contributed by atoms with Gasteiger partial charge < -0.3 is 5.32 Å². The summed E-state index contributed by atoms with van der Waals surface area (Å²) in [5.74, 6) is 0.0517. The second kappa shape index (κ2) is 8.04. The number of hydrogen-bond donors (Lipinski definition) is 1. The molecule has 164 valence electrons. The number of carbonyl (C=O) groups is 1. The van der Waals surface area contributed by atoms with Crippen LogP contribution in [0.3, 0.4) is 0 Å². The average molecular weight is 452 g/mol. The number of benzene rings is 1. The monoisotopic (exact) mass is 452 g/mol. The van der Waals surface area contributed by atoms with Gasteiger partial charge in [0.1, 0.15) is 5.69 Å². The van der Waals surface area contributed by atoms with E-state index < -0.39 is 26.7 Å². The fourth-order valence-electron chi connectivity index (χ4n) is 3.18. The lowest BCUT2D eigenvalue weighted by atomic mass is 10.1. The molecule has 0 unspecified atom stereocenters. The molecule has 2 aromatic rings. The summed E-state index contributed by atoms with van der Waals surface area (Å²) in [5.41, 5.74) is -0.107. The molecule has 1 aliphatic carbocycles. The van der Waals surface area contributed by atoms with E-state index in [0.29, 0.717) is 17.5 Å². The third-order valence-corrected chi connectivity index (χ3v) is 6.92. The van der Waals surface area contributed by atoms with E-state index in [9.17, 15) is 26.4 Å². The molecule has 1 aromatic carbocycles. The van der Waals surface area contributed by atoms with Crippen LogP contribution in [0.5, 0.6) is 0 Å². The van der Waals surface area contributed by atoms with Gasteiger partial charge in [-0.3, -0.25) is 4.79 Å². The van der Waals surface area contributed by atoms with Crippen LogP contribution in [0.1, 0.15) is 41.1 Å². The fourth-order valence-corrected chi connectivity index (χ4v) is 4.61. The van der Waals surface area contributed by atoms with E-state index in [1.165, 1.54) is 12.3 Å². The van der Waals surface area contributed by atoms with Crippen LogP contribution in [-0.2, 0) is 16.2 Å². The van der Waals surface area contributed by atoms with Gasteiger partial charge >= 0.3 is 6.18 Å². The Kier molecular flexibility index (Phi) is 5.56. The van der Waals surface area contributed by atoms with Crippen molar-refractivity contribution in [2.24, 2.45) is 0 Å². The lowest BCUT2D eigenvalue weighted by Crippen LogP contribution is -2.35. The van der Waals surface area contributed by atoms with E-state index in [1.54, 1.807) is 6.08 Å². The van der Waals surface area contributed by atoms with E-state index in [4.69, 9.17) is 0 Å². The molecule has 2 heterocycles. The van der Waals surface area contributed by atoms with E-state index in [2.05, 4.69) is 15.3 Å². The zero-order valence-corrected chi connectivity index (χ0v) is 17.1. The number of amides is 1. The summed E-state index contributed by atoms with van der Waals surface area (Å²) in [6.45, 7) is 0.0298. The second-order valence-electron chi connectivity index (χ2n) is 7.38. The molecule has 31 heavy (non-hydrogen) atoms. The first-order valence-corrected chi connectivity index (χ1v) is 11.1. The van der Waals surface area contributed by atoms with Crippen molar-refractivity contribution in [1.82, 2.24) is 19.6 Å². The van der Waals surface area contributed by atoms with Gasteiger partial charge in [-0.05, 0) is 49.1 Å². The number of carbonyl (C=O) groups excluding carboxylic acids is 1. The Balaban J connectivity index is 1.51. The smallest absolute Gasteiger partial charge is 0.348 e. The zero-order chi connectivity index (χ0) is 22.2. The number of aromatic nitrogens is 2. The summed E-state index contributed by atoms with van der Waals surface area (Å²) in [4.78, 5) is 20.2. The lowest BCUT2D eigenvalue weighted by molar-refractivity contribution is -0.137. The van der Waals surface area contributed by atoms with Gasteiger partial charge in [-0.2, -0.15) is 17.5 Å². The van der Waals surface area contributed by atoms with Crippen molar-refractivity contribution in [3.8, 4) is 0 Å². The van der Waals surface area contributed by atoms with Gasteiger partial charge in [-0.25, -0.2) is 18.4 Å². The van der Waals surface area contributed by atoms with E-state index in [1.807, 2.05) is 0 Å². The first-order valence-electron chi connectivity index (χ1n) is 9.65. The Bertz CT molecular complexity index is 1140. The van der Waals surface area contributed by atoms with Crippen LogP contribution in [0.2, 0.25) is 0 Å². The molecule has 4 rings (SSSR count). The highest BCUT2D eigenvalue weighted by Gasteiger charge is 2.33. The number of sulfonamides is 1. The van der Waals surface area contributed by atoms with Crippen LogP contribution >= 0.6 is 0 Å². The highest BCUT2D eigenvalue weighted by Crippen LogP contribution is 2.32. The molecule has 1 amide bonds. The van der Waals surface area contributed by atoms with E-state index in [-0.39, 0.29) is 37.2 Å². The quantitative estimate of drug-likeness (QED) is 0.753. The second-order valence-corrected chi connectivity index (χ2v) is 9.32. The Morgan fingerprint density at radius 1 is 1.19 bits per heavy atom. The molecule has 11 heteroatoms. The van der Waals surface area contributed by atoms with Crippen LogP contribution in [-0.4, -0.2) is 47.7 Å². The number of nitrogens with one attached hydrogen (secondary N) is 1. The fraction of sp³-hybridized carbons (Fsp3) is 0.350. The first-order chi connectivity index (χ1) is 14.6. The third kappa shape index (κ3) is 4.77. The van der Waals surface area contributed by atoms with Crippen molar-refractivity contribution in [1.29, 1.82) is 0 Å². The lowest BCUT2D eigenvalue weighted by Gasteiger charge is -2.25. The van der Waals surface area contributed by atoms with Crippen molar-refractivity contribution in [3.05, 3.63) is 59.7 Å². The molecule has 1 saturated carbocycles. The van der Waals surface area contributed by atoms with Crippen molar-refractivity contribution in [2.75, 3.05) is 13.1 Å². The summed E-state index contributed by atoms with van der Waals surface area (Å²) in [6.07, 6.45) is 0.625. The molecule has 0 radical (unpaired) electrons. The molecule has 1 N–H and O–H groups in total. The molecular formula is C20H19F3N4O3S. The molecule has 7 nitrogen and oxygen atoms in total. The Morgan fingerprint density at radius 2 is 1.97 bits per heavy atom. The average Bonchev–Trinajstić information content (AvgIpc) is 3.57. The number of hydrogen-bond acceptors (Lipinski definition) is 5. The molecule has 0 spiro atoms. The van der Waals surface area contributed by atoms with Crippen LogP contribution in [0.25, 0.3) is 5.57 Å². The minimum atomic E-state index is -4.63. The summed E-state index contributed by atoms with van der Waals surface area (Å²) >= 11 is 0. The van der Waals surface area contributed by atoms with Crippen LogP contribution in [0.15, 0.2) is 47.5 Å². The van der Waals surface area contributed by atoms with Crippen LogP contribution in [0, 0.1) is 0 Å². The SMILES string of the molecule is O=C(NC1CC1)c1ccnc(C2=CCN(S(=O)(=O)c3cccc(C(F)(F)F)c3)CC2)n1. The predicted octanol–water partition coefficient (Wildman–Crippen LogP) is 2.87. The maximum Gasteiger partial charge on any atom is 0.416 e. The topological polar surface area (TPSA) is 92.3 Å². The van der Waals surface area contributed by atoms with Crippen LogP contribution < -0.4 is 5.32 Å². The molecular weight excluding hydrogens is 433 g/mol. The highest BCUT2D eigenvalue weighted by molar-refractivity contribution is 7.89. The summed E-state index contributed by atoms with van der Waals surface area (Å²) in [6, 6.07) is 5.39. The number of rotatable bonds is 5. The van der Waals surface area contributed by atoms with E-state index in [0.717, 1.165) is 35.3 Å². The molecule has 2 aliphatic rings. The minimum absolute atomic E-state index is 0.0320. The minimum Gasteiger partial charge on any atom is -0.348 e. The maximum atomic E-state index is 12.9. The summed E-state index contributed by atoms with van der Waals surface area (Å²) < 4.78 is 65.5. The maximum absolute atomic E-state index is 12.9. The van der Waals surface area contributed by atoms with Crippen molar-refractivity contribution < 1.29 is 26.4 Å². The summed E-state index contributed by atoms with van der Waals surface area (Å²) in [7, 11) is -4.09. The van der Waals surface area contributed by atoms with Gasteiger partial charge in [0.15, 0.2) is 5.82 Å². The predicted molar refractivity (Wildman–Crippen MR) is 105 cm³/mol. The standard InChI is InChI=1S/C20H19F3N4O3S/c21-20(22,23)14-2-1-3-16(12-14)31(29,30)27-10-7-13(8-11-27)18-24-9-6-17(26-18)19(28)25-15-4-5-15/h1-3,6-7,9,12,15H,4-5,8,10-11H2,(H,25,28). The number of halogens is 3. The number of nitrogens with zero attached hydrogens (tertiary/aromatic N) is 3. The van der Waals surface area contributed by atoms with Crippen LogP contribution in [0.4, 0.5) is 13.2 Å². The van der Waals surface area contributed by atoms with Gasteiger partial charge in [0.25, 0.3) is 5.91 Å². The Hall–Kier alpha value is -2.79. The largest absolute Gasteiger partial charge is 0.416 e. The molecule has 0 atom stereocenters. The Labute approximate surface area is 177 Å². The molecule has 1 aromatic heterocycles. The molecule has 0 bridgehead atoms. The number of alkyl halides is 3. The molecule has 1 aliphatic heterocycles. The van der Waals surface area contributed by atoms with Crippen molar-refractivity contribution >= 4 is 21.5 Å². The van der Waals surface area contributed by atoms with Crippen molar-refractivity contribution in [3.63, 3.8) is 0 Å². The van der Waals surface area contributed by atoms with Gasteiger partial charge in [0.2, 0.25) is 10.0 Å². The molecule has 1 fully saturated rings. The molecule has 0 saturated heterocycles. The third-order valence-electron chi connectivity index (χ3n) is 5.06.